The summed E-state index contributed by atoms with van der Waals surface area (Å²) in [5.74, 6) is -1.04. The van der Waals surface area contributed by atoms with Gasteiger partial charge in [0.2, 0.25) is 15.9 Å². The minimum atomic E-state index is -4.74. The Kier molecular flexibility index (Phi) is 6.40. The van der Waals surface area contributed by atoms with Crippen LogP contribution in [0.15, 0.2) is 42.5 Å². The largest absolute Gasteiger partial charge is 0.418 e. The van der Waals surface area contributed by atoms with E-state index in [1.807, 2.05) is 0 Å². The minimum Gasteiger partial charge on any atom is -0.324 e. The molecule has 0 bridgehead atoms. The Hall–Kier alpha value is -3.15. The number of nitro benzene ring substituents is 1. The molecule has 0 aliphatic heterocycles. The molecule has 2 aromatic rings. The van der Waals surface area contributed by atoms with Crippen LogP contribution >= 0.6 is 0 Å². The standard InChI is InChI=1S/C18H18F3N3O5S/c1-11-8-9-13(24(26)27)10-16(11)23(30(3,28)29)12(2)17(25)22-15-7-5-4-6-14(15)18(19,20)21/h4-10,12H,1-3H3,(H,22,25)/t12-/m0/s1. The maximum atomic E-state index is 13.2. The molecule has 0 radical (unpaired) electrons. The van der Waals surface area contributed by atoms with Crippen LogP contribution in [0.2, 0.25) is 0 Å². The van der Waals surface area contributed by atoms with Gasteiger partial charge < -0.3 is 5.32 Å². The third kappa shape index (κ3) is 5.06. The lowest BCUT2D eigenvalue weighted by molar-refractivity contribution is -0.384. The van der Waals surface area contributed by atoms with Crippen LogP contribution in [0.3, 0.4) is 0 Å². The van der Waals surface area contributed by atoms with E-state index in [1.165, 1.54) is 32.0 Å². The van der Waals surface area contributed by atoms with Crippen LogP contribution in [0, 0.1) is 17.0 Å². The number of halogens is 3. The van der Waals surface area contributed by atoms with Crippen LogP contribution in [0.1, 0.15) is 18.1 Å². The highest BCUT2D eigenvalue weighted by molar-refractivity contribution is 7.92. The molecule has 8 nitrogen and oxygen atoms in total. The monoisotopic (exact) mass is 445 g/mol. The second-order valence-electron chi connectivity index (χ2n) is 6.50. The zero-order valence-electron chi connectivity index (χ0n) is 16.1. The van der Waals surface area contributed by atoms with Crippen molar-refractivity contribution in [3.63, 3.8) is 0 Å². The van der Waals surface area contributed by atoms with Crippen molar-refractivity contribution >= 4 is 33.0 Å². The van der Waals surface area contributed by atoms with Crippen molar-refractivity contribution in [1.82, 2.24) is 0 Å². The molecular formula is C18H18F3N3O5S. The van der Waals surface area contributed by atoms with Crippen molar-refractivity contribution in [2.24, 2.45) is 0 Å². The molecule has 0 saturated carbocycles. The number of nitrogens with one attached hydrogen (secondary N) is 1. The zero-order chi connectivity index (χ0) is 22.9. The molecule has 1 atom stereocenters. The van der Waals surface area contributed by atoms with E-state index < -0.39 is 50.0 Å². The number of rotatable bonds is 6. The van der Waals surface area contributed by atoms with E-state index in [0.717, 1.165) is 30.5 Å². The average molecular weight is 445 g/mol. The third-order valence-electron chi connectivity index (χ3n) is 4.22. The number of carbonyl (C=O) groups excluding carboxylic acids is 1. The number of para-hydroxylation sites is 1. The summed E-state index contributed by atoms with van der Waals surface area (Å²) in [5.41, 5.74) is -1.84. The number of alkyl halides is 3. The fraction of sp³-hybridized carbons (Fsp3) is 0.278. The Labute approximate surface area is 170 Å². The van der Waals surface area contributed by atoms with Gasteiger partial charge in [-0.05, 0) is 31.5 Å². The van der Waals surface area contributed by atoms with Gasteiger partial charge in [0.1, 0.15) is 6.04 Å². The van der Waals surface area contributed by atoms with Crippen molar-refractivity contribution in [2.45, 2.75) is 26.1 Å². The van der Waals surface area contributed by atoms with Gasteiger partial charge in [-0.15, -0.1) is 0 Å². The average Bonchev–Trinajstić information content (AvgIpc) is 2.61. The van der Waals surface area contributed by atoms with Gasteiger partial charge in [-0.1, -0.05) is 18.2 Å². The summed E-state index contributed by atoms with van der Waals surface area (Å²) in [5, 5.41) is 13.2. The lowest BCUT2D eigenvalue weighted by Crippen LogP contribution is -2.45. The van der Waals surface area contributed by atoms with Gasteiger partial charge >= 0.3 is 6.18 Å². The Bertz CT molecular complexity index is 1090. The van der Waals surface area contributed by atoms with Gasteiger partial charge in [0.25, 0.3) is 5.69 Å². The van der Waals surface area contributed by atoms with Gasteiger partial charge in [0.15, 0.2) is 0 Å². The molecule has 0 aliphatic carbocycles. The van der Waals surface area contributed by atoms with Crippen LogP contribution in [-0.4, -0.2) is 31.5 Å². The molecule has 0 unspecified atom stereocenters. The topological polar surface area (TPSA) is 110 Å². The highest BCUT2D eigenvalue weighted by atomic mass is 32.2. The zero-order valence-corrected chi connectivity index (χ0v) is 16.9. The quantitative estimate of drug-likeness (QED) is 0.538. The first-order valence-electron chi connectivity index (χ1n) is 8.45. The molecule has 162 valence electrons. The molecule has 0 fully saturated rings. The number of hydrogen-bond donors (Lipinski definition) is 1. The Balaban J connectivity index is 2.48. The number of nitrogens with zero attached hydrogens (tertiary/aromatic N) is 2. The minimum absolute atomic E-state index is 0.126. The fourth-order valence-corrected chi connectivity index (χ4v) is 4.03. The molecule has 12 heteroatoms. The lowest BCUT2D eigenvalue weighted by atomic mass is 10.1. The normalized spacial score (nSPS) is 12.9. The van der Waals surface area contributed by atoms with Crippen molar-refractivity contribution in [3.05, 3.63) is 63.7 Å². The van der Waals surface area contributed by atoms with Crippen LogP contribution in [-0.2, 0) is 21.0 Å². The predicted molar refractivity (Wildman–Crippen MR) is 105 cm³/mol. The summed E-state index contributed by atoms with van der Waals surface area (Å²) in [7, 11) is -4.13. The van der Waals surface area contributed by atoms with Gasteiger partial charge in [0, 0.05) is 12.1 Å². The number of benzene rings is 2. The highest BCUT2D eigenvalue weighted by Gasteiger charge is 2.35. The van der Waals surface area contributed by atoms with E-state index in [0.29, 0.717) is 9.87 Å². The number of anilines is 2. The number of non-ortho nitro benzene ring substituents is 1. The fourth-order valence-electron chi connectivity index (χ4n) is 2.81. The molecule has 0 aliphatic rings. The van der Waals surface area contributed by atoms with E-state index in [1.54, 1.807) is 0 Å². The predicted octanol–water partition coefficient (Wildman–Crippen LogP) is 3.72. The summed E-state index contributed by atoms with van der Waals surface area (Å²) >= 11 is 0. The summed E-state index contributed by atoms with van der Waals surface area (Å²) in [6.45, 7) is 2.66. The number of amides is 1. The Morgan fingerprint density at radius 3 is 2.33 bits per heavy atom. The van der Waals surface area contributed by atoms with Crippen LogP contribution in [0.5, 0.6) is 0 Å². The van der Waals surface area contributed by atoms with E-state index in [2.05, 4.69) is 5.32 Å². The van der Waals surface area contributed by atoms with Crippen LogP contribution in [0.25, 0.3) is 0 Å². The number of aryl methyl sites for hydroxylation is 1. The maximum Gasteiger partial charge on any atom is 0.418 e. The summed E-state index contributed by atoms with van der Waals surface area (Å²) in [6.07, 6.45) is -3.95. The van der Waals surface area contributed by atoms with Gasteiger partial charge in [-0.2, -0.15) is 13.2 Å². The molecule has 0 spiro atoms. The molecule has 1 amide bonds. The van der Waals surface area contributed by atoms with E-state index in [4.69, 9.17) is 0 Å². The SMILES string of the molecule is Cc1ccc([N+](=O)[O-])cc1N([C@@H](C)C(=O)Nc1ccccc1C(F)(F)F)S(C)(=O)=O. The first kappa shape index (κ1) is 23.1. The van der Waals surface area contributed by atoms with E-state index >= 15 is 0 Å². The molecule has 0 aromatic heterocycles. The third-order valence-corrected chi connectivity index (χ3v) is 5.45. The Morgan fingerprint density at radius 2 is 1.80 bits per heavy atom. The molecule has 2 rings (SSSR count). The molecule has 1 N–H and O–H groups in total. The van der Waals surface area contributed by atoms with Crippen molar-refractivity contribution in [1.29, 1.82) is 0 Å². The maximum absolute atomic E-state index is 13.2. The molecular weight excluding hydrogens is 427 g/mol. The molecule has 30 heavy (non-hydrogen) atoms. The first-order chi connectivity index (χ1) is 13.7. The highest BCUT2D eigenvalue weighted by Crippen LogP contribution is 2.35. The number of sulfonamides is 1. The second-order valence-corrected chi connectivity index (χ2v) is 8.35. The lowest BCUT2D eigenvalue weighted by Gasteiger charge is -2.29. The first-order valence-corrected chi connectivity index (χ1v) is 10.3. The van der Waals surface area contributed by atoms with Crippen molar-refractivity contribution in [3.8, 4) is 0 Å². The van der Waals surface area contributed by atoms with Crippen LogP contribution in [0.4, 0.5) is 30.2 Å². The van der Waals surface area contributed by atoms with Crippen LogP contribution < -0.4 is 9.62 Å². The van der Waals surface area contributed by atoms with E-state index in [-0.39, 0.29) is 5.69 Å². The summed E-state index contributed by atoms with van der Waals surface area (Å²) < 4.78 is 64.9. The second kappa shape index (κ2) is 8.30. The van der Waals surface area contributed by atoms with Gasteiger partial charge in [-0.25, -0.2) is 8.42 Å². The van der Waals surface area contributed by atoms with E-state index in [9.17, 15) is 36.5 Å². The summed E-state index contributed by atoms with van der Waals surface area (Å²) in [6, 6.07) is 6.23. The van der Waals surface area contributed by atoms with Crippen molar-refractivity contribution in [2.75, 3.05) is 15.9 Å². The number of nitro groups is 1. The summed E-state index contributed by atoms with van der Waals surface area (Å²) in [4.78, 5) is 23.0. The van der Waals surface area contributed by atoms with Gasteiger partial charge in [0.05, 0.1) is 28.1 Å². The molecule has 2 aromatic carbocycles. The smallest absolute Gasteiger partial charge is 0.324 e. The number of carbonyl (C=O) groups is 1. The molecule has 0 heterocycles. The van der Waals surface area contributed by atoms with Gasteiger partial charge in [-0.3, -0.25) is 19.2 Å². The van der Waals surface area contributed by atoms with Crippen molar-refractivity contribution < 1.29 is 31.3 Å². The Morgan fingerprint density at radius 1 is 1.20 bits per heavy atom. The number of hydrogen-bond acceptors (Lipinski definition) is 5. The molecule has 0 saturated heterocycles.